The van der Waals surface area contributed by atoms with E-state index in [9.17, 15) is 4.79 Å². The third kappa shape index (κ3) is 2.80. The van der Waals surface area contributed by atoms with Crippen LogP contribution in [-0.2, 0) is 0 Å². The summed E-state index contributed by atoms with van der Waals surface area (Å²) in [7, 11) is 0. The second kappa shape index (κ2) is 4.69. The normalized spacial score (nSPS) is 16.8. The number of carbonyl (C=O) groups excluding carboxylic acids is 1. The lowest BCUT2D eigenvalue weighted by molar-refractivity contribution is 0.102. The van der Waals surface area contributed by atoms with Crippen molar-refractivity contribution in [3.05, 3.63) is 10.9 Å². The van der Waals surface area contributed by atoms with Gasteiger partial charge in [0.1, 0.15) is 0 Å². The van der Waals surface area contributed by atoms with E-state index in [1.54, 1.807) is 6.92 Å². The molecule has 0 unspecified atom stereocenters. The number of Topliss-reactive ketones (excluding diaryl/α,β-unsaturated/α-hetero) is 1. The third-order valence-electron chi connectivity index (χ3n) is 3.46. The molecule has 94 valence electrons. The highest BCUT2D eigenvalue weighted by atomic mass is 32.1. The summed E-state index contributed by atoms with van der Waals surface area (Å²) in [6.45, 7) is 4.81. The first-order valence-corrected chi connectivity index (χ1v) is 7.02. The zero-order valence-electron chi connectivity index (χ0n) is 10.5. The van der Waals surface area contributed by atoms with Gasteiger partial charge in [0, 0.05) is 13.5 Å². The minimum atomic E-state index is 0.0512. The Balaban J connectivity index is 1.96. The molecule has 0 amide bonds. The first-order valence-electron chi connectivity index (χ1n) is 6.20. The van der Waals surface area contributed by atoms with Crippen LogP contribution < -0.4 is 11.1 Å². The van der Waals surface area contributed by atoms with Crippen molar-refractivity contribution in [3.63, 3.8) is 0 Å². The minimum absolute atomic E-state index is 0.0512. The summed E-state index contributed by atoms with van der Waals surface area (Å²) in [6.07, 6.45) is 5.19. The van der Waals surface area contributed by atoms with Crippen molar-refractivity contribution >= 4 is 27.8 Å². The quantitative estimate of drug-likeness (QED) is 0.762. The summed E-state index contributed by atoms with van der Waals surface area (Å²) in [5, 5.41) is 4.46. The topological polar surface area (TPSA) is 55.1 Å². The molecule has 0 aliphatic heterocycles. The van der Waals surface area contributed by atoms with Gasteiger partial charge in [0.25, 0.3) is 0 Å². The van der Waals surface area contributed by atoms with E-state index in [2.05, 4.69) is 12.2 Å². The van der Waals surface area contributed by atoms with Crippen molar-refractivity contribution in [1.82, 2.24) is 0 Å². The first-order chi connectivity index (χ1) is 8.06. The lowest BCUT2D eigenvalue weighted by Gasteiger charge is -2.14. The van der Waals surface area contributed by atoms with E-state index in [0.29, 0.717) is 16.0 Å². The average molecular weight is 252 g/mol. The number of nitrogen functional groups attached to an aromatic ring is 1. The third-order valence-corrected chi connectivity index (χ3v) is 4.67. The molecule has 0 radical (unpaired) electrons. The van der Waals surface area contributed by atoms with Gasteiger partial charge in [0.2, 0.25) is 0 Å². The maximum atomic E-state index is 11.3. The van der Waals surface area contributed by atoms with Crippen LogP contribution in [0, 0.1) is 5.41 Å². The lowest BCUT2D eigenvalue weighted by Crippen LogP contribution is -2.14. The van der Waals surface area contributed by atoms with Crippen LogP contribution in [-0.4, -0.2) is 12.3 Å². The number of nitrogens with one attached hydrogen (secondary N) is 1. The van der Waals surface area contributed by atoms with Gasteiger partial charge in [-0.25, -0.2) is 0 Å². The van der Waals surface area contributed by atoms with Crippen molar-refractivity contribution in [2.45, 2.75) is 39.5 Å². The van der Waals surface area contributed by atoms with E-state index in [4.69, 9.17) is 5.73 Å². The second-order valence-electron chi connectivity index (χ2n) is 5.05. The van der Waals surface area contributed by atoms with E-state index in [-0.39, 0.29) is 5.78 Å². The van der Waals surface area contributed by atoms with Crippen molar-refractivity contribution in [2.24, 2.45) is 5.41 Å². The SMILES string of the molecule is CCCC1(CNc2cc(N)c(C(C)=O)s2)CC1. The number of thiophene rings is 1. The van der Waals surface area contributed by atoms with Crippen molar-refractivity contribution in [2.75, 3.05) is 17.6 Å². The molecule has 1 aliphatic carbocycles. The second-order valence-corrected chi connectivity index (χ2v) is 6.11. The monoisotopic (exact) mass is 252 g/mol. The van der Waals surface area contributed by atoms with Crippen LogP contribution in [0.25, 0.3) is 0 Å². The zero-order chi connectivity index (χ0) is 12.5. The van der Waals surface area contributed by atoms with Gasteiger partial charge in [-0.3, -0.25) is 4.79 Å². The molecule has 1 saturated carbocycles. The smallest absolute Gasteiger partial charge is 0.171 e. The van der Waals surface area contributed by atoms with Gasteiger partial charge >= 0.3 is 0 Å². The molecule has 3 nitrogen and oxygen atoms in total. The van der Waals surface area contributed by atoms with Crippen LogP contribution in [0.1, 0.15) is 49.2 Å². The van der Waals surface area contributed by atoms with Gasteiger partial charge in [-0.2, -0.15) is 0 Å². The molecule has 0 spiro atoms. The fraction of sp³-hybridized carbons (Fsp3) is 0.615. The highest BCUT2D eigenvalue weighted by Gasteiger charge is 2.41. The van der Waals surface area contributed by atoms with Gasteiger partial charge in [-0.05, 0) is 30.7 Å². The Labute approximate surface area is 106 Å². The Morgan fingerprint density at radius 2 is 2.29 bits per heavy atom. The summed E-state index contributed by atoms with van der Waals surface area (Å²) in [5.74, 6) is 0.0512. The summed E-state index contributed by atoms with van der Waals surface area (Å²) in [4.78, 5) is 12.0. The number of nitrogens with two attached hydrogens (primary N) is 1. The standard InChI is InChI=1S/C13H20N2OS/c1-3-4-13(5-6-13)8-15-11-7-10(14)12(17-11)9(2)16/h7,15H,3-6,8,14H2,1-2H3. The van der Waals surface area contributed by atoms with Gasteiger partial charge in [-0.1, -0.05) is 13.3 Å². The molecule has 3 N–H and O–H groups in total. The fourth-order valence-corrected chi connectivity index (χ4v) is 3.13. The largest absolute Gasteiger partial charge is 0.397 e. The van der Waals surface area contributed by atoms with Crippen molar-refractivity contribution in [1.29, 1.82) is 0 Å². The summed E-state index contributed by atoms with van der Waals surface area (Å²) >= 11 is 1.47. The van der Waals surface area contributed by atoms with Crippen LogP contribution >= 0.6 is 11.3 Å². The lowest BCUT2D eigenvalue weighted by atomic mass is 10.0. The molecule has 1 aliphatic rings. The molecular weight excluding hydrogens is 232 g/mol. The highest BCUT2D eigenvalue weighted by molar-refractivity contribution is 7.18. The maximum Gasteiger partial charge on any atom is 0.171 e. The van der Waals surface area contributed by atoms with E-state index < -0.39 is 0 Å². The molecule has 1 fully saturated rings. The molecule has 0 bridgehead atoms. The van der Waals surface area contributed by atoms with Crippen LogP contribution in [0.5, 0.6) is 0 Å². The van der Waals surface area contributed by atoms with Crippen molar-refractivity contribution < 1.29 is 4.79 Å². The number of hydrogen-bond acceptors (Lipinski definition) is 4. The van der Waals surface area contributed by atoms with E-state index >= 15 is 0 Å². The van der Waals surface area contributed by atoms with Gasteiger partial charge in [-0.15, -0.1) is 11.3 Å². The van der Waals surface area contributed by atoms with Crippen molar-refractivity contribution in [3.8, 4) is 0 Å². The predicted octanol–water partition coefficient (Wildman–Crippen LogP) is 3.53. The number of ketones is 1. The molecule has 1 aromatic rings. The van der Waals surface area contributed by atoms with Gasteiger partial charge < -0.3 is 11.1 Å². The summed E-state index contributed by atoms with van der Waals surface area (Å²) in [6, 6.07) is 1.88. The Bertz CT molecular complexity index is 421. The Kier molecular flexibility index (Phi) is 3.43. The van der Waals surface area contributed by atoms with E-state index in [1.165, 1.54) is 37.0 Å². The summed E-state index contributed by atoms with van der Waals surface area (Å²) in [5.41, 5.74) is 6.93. The van der Waals surface area contributed by atoms with Crippen LogP contribution in [0.3, 0.4) is 0 Å². The molecule has 0 aromatic carbocycles. The molecule has 0 atom stereocenters. The fourth-order valence-electron chi connectivity index (χ4n) is 2.26. The van der Waals surface area contributed by atoms with Gasteiger partial charge in [0.15, 0.2) is 5.78 Å². The number of hydrogen-bond donors (Lipinski definition) is 2. The molecule has 4 heteroatoms. The zero-order valence-corrected chi connectivity index (χ0v) is 11.3. The van der Waals surface area contributed by atoms with Crippen LogP contribution in [0.2, 0.25) is 0 Å². The Hall–Kier alpha value is -1.03. The number of carbonyl (C=O) groups is 1. The predicted molar refractivity (Wildman–Crippen MR) is 73.8 cm³/mol. The Morgan fingerprint density at radius 3 is 2.76 bits per heavy atom. The number of rotatable bonds is 6. The number of anilines is 2. The molecule has 1 aromatic heterocycles. The first kappa shape index (κ1) is 12.4. The molecule has 17 heavy (non-hydrogen) atoms. The maximum absolute atomic E-state index is 11.3. The molecule has 0 saturated heterocycles. The molecule has 2 rings (SSSR count). The van der Waals surface area contributed by atoms with Crippen LogP contribution in [0.4, 0.5) is 10.7 Å². The van der Waals surface area contributed by atoms with E-state index in [0.717, 1.165) is 11.5 Å². The highest BCUT2D eigenvalue weighted by Crippen LogP contribution is 2.49. The average Bonchev–Trinajstić information content (AvgIpc) is 2.92. The minimum Gasteiger partial charge on any atom is -0.397 e. The molecular formula is C13H20N2OS. The summed E-state index contributed by atoms with van der Waals surface area (Å²) < 4.78 is 0. The van der Waals surface area contributed by atoms with Crippen LogP contribution in [0.15, 0.2) is 6.07 Å². The van der Waals surface area contributed by atoms with E-state index in [1.807, 2.05) is 6.07 Å². The molecule has 1 heterocycles. The Morgan fingerprint density at radius 1 is 1.59 bits per heavy atom. The van der Waals surface area contributed by atoms with Gasteiger partial charge in [0.05, 0.1) is 15.6 Å².